The maximum Gasteiger partial charge on any atom is 0.240 e. The van der Waals surface area contributed by atoms with Crippen LogP contribution in [0.5, 0.6) is 0 Å². The molecule has 17 heavy (non-hydrogen) atoms. The van der Waals surface area contributed by atoms with Crippen LogP contribution >= 0.6 is 11.6 Å². The molecule has 0 aliphatic carbocycles. The predicted molar refractivity (Wildman–Crippen MR) is 66.2 cm³/mol. The number of anilines is 1. The molecule has 3 nitrogen and oxygen atoms in total. The van der Waals surface area contributed by atoms with Crippen LogP contribution in [-0.2, 0) is 4.79 Å². The third-order valence-electron chi connectivity index (χ3n) is 2.82. The standard InChI is InChI=1S/C12H14ClFN2O/c13-9-2-1-3-11(6-9)16-8-10(4-5-14)15-7-12(16)17/h1-3,6,10,15H,4-5,7-8H2. The summed E-state index contributed by atoms with van der Waals surface area (Å²) in [5.74, 6) is -0.0117. The van der Waals surface area contributed by atoms with Gasteiger partial charge in [-0.05, 0) is 24.6 Å². The largest absolute Gasteiger partial charge is 0.310 e. The third-order valence-corrected chi connectivity index (χ3v) is 3.06. The van der Waals surface area contributed by atoms with Crippen molar-refractivity contribution in [2.45, 2.75) is 12.5 Å². The van der Waals surface area contributed by atoms with Gasteiger partial charge in [-0.15, -0.1) is 0 Å². The van der Waals surface area contributed by atoms with E-state index in [9.17, 15) is 9.18 Å². The van der Waals surface area contributed by atoms with Crippen molar-refractivity contribution in [2.24, 2.45) is 0 Å². The van der Waals surface area contributed by atoms with E-state index in [1.54, 1.807) is 23.1 Å². The Labute approximate surface area is 105 Å². The Morgan fingerprint density at radius 1 is 1.53 bits per heavy atom. The number of halogens is 2. The average Bonchev–Trinajstić information content (AvgIpc) is 2.32. The number of nitrogens with one attached hydrogen (secondary N) is 1. The summed E-state index contributed by atoms with van der Waals surface area (Å²) in [6.45, 7) is 0.357. The zero-order valence-electron chi connectivity index (χ0n) is 9.33. The molecular weight excluding hydrogens is 243 g/mol. The van der Waals surface area contributed by atoms with Crippen molar-refractivity contribution < 1.29 is 9.18 Å². The van der Waals surface area contributed by atoms with Crippen LogP contribution in [0.15, 0.2) is 24.3 Å². The van der Waals surface area contributed by atoms with Crippen LogP contribution in [0, 0.1) is 0 Å². The zero-order chi connectivity index (χ0) is 12.3. The molecule has 1 heterocycles. The van der Waals surface area contributed by atoms with E-state index in [0.717, 1.165) is 5.69 Å². The number of hydrogen-bond donors (Lipinski definition) is 1. The minimum Gasteiger partial charge on any atom is -0.310 e. The van der Waals surface area contributed by atoms with Crippen LogP contribution in [0.3, 0.4) is 0 Å². The highest BCUT2D eigenvalue weighted by Crippen LogP contribution is 2.21. The Morgan fingerprint density at radius 2 is 2.35 bits per heavy atom. The van der Waals surface area contributed by atoms with E-state index in [1.165, 1.54) is 0 Å². The van der Waals surface area contributed by atoms with Crippen molar-refractivity contribution in [3.05, 3.63) is 29.3 Å². The van der Waals surface area contributed by atoms with Gasteiger partial charge in [0.1, 0.15) is 0 Å². The number of amides is 1. The quantitative estimate of drug-likeness (QED) is 0.897. The van der Waals surface area contributed by atoms with Crippen molar-refractivity contribution >= 4 is 23.2 Å². The van der Waals surface area contributed by atoms with E-state index in [1.807, 2.05) is 6.07 Å². The highest BCUT2D eigenvalue weighted by molar-refractivity contribution is 6.30. The molecule has 5 heteroatoms. The van der Waals surface area contributed by atoms with Gasteiger partial charge in [-0.2, -0.15) is 0 Å². The molecule has 1 aromatic carbocycles. The van der Waals surface area contributed by atoms with Gasteiger partial charge in [0.15, 0.2) is 0 Å². The molecule has 2 rings (SSSR count). The number of hydrogen-bond acceptors (Lipinski definition) is 2. The minimum atomic E-state index is -0.380. The van der Waals surface area contributed by atoms with Gasteiger partial charge in [0.25, 0.3) is 0 Å². The number of carbonyl (C=O) groups excluding carboxylic acids is 1. The number of rotatable bonds is 3. The zero-order valence-corrected chi connectivity index (χ0v) is 10.1. The molecule has 1 aliphatic heterocycles. The van der Waals surface area contributed by atoms with Gasteiger partial charge in [-0.1, -0.05) is 17.7 Å². The summed E-state index contributed by atoms with van der Waals surface area (Å²) in [5.41, 5.74) is 0.771. The Kier molecular flexibility index (Phi) is 3.97. The van der Waals surface area contributed by atoms with Gasteiger partial charge in [0.2, 0.25) is 5.91 Å². The molecule has 1 atom stereocenters. The third kappa shape index (κ3) is 2.96. The topological polar surface area (TPSA) is 32.3 Å². The summed E-state index contributed by atoms with van der Waals surface area (Å²) < 4.78 is 12.3. The van der Waals surface area contributed by atoms with Crippen LogP contribution in [0.2, 0.25) is 5.02 Å². The smallest absolute Gasteiger partial charge is 0.240 e. The Hall–Kier alpha value is -1.13. The van der Waals surface area contributed by atoms with Crippen molar-refractivity contribution in [3.63, 3.8) is 0 Å². The number of nitrogens with zero attached hydrogens (tertiary/aromatic N) is 1. The molecule has 1 saturated heterocycles. The fourth-order valence-corrected chi connectivity index (χ4v) is 2.12. The first-order valence-electron chi connectivity index (χ1n) is 5.56. The number of piperazine rings is 1. The Balaban J connectivity index is 2.15. The van der Waals surface area contributed by atoms with Crippen molar-refractivity contribution in [1.82, 2.24) is 5.32 Å². The van der Waals surface area contributed by atoms with Crippen molar-refractivity contribution in [1.29, 1.82) is 0 Å². The van der Waals surface area contributed by atoms with Crippen LogP contribution in [0.1, 0.15) is 6.42 Å². The molecule has 1 N–H and O–H groups in total. The van der Waals surface area contributed by atoms with Crippen LogP contribution < -0.4 is 10.2 Å². The lowest BCUT2D eigenvalue weighted by molar-refractivity contribution is -0.119. The molecule has 1 amide bonds. The predicted octanol–water partition coefficient (Wildman–Crippen LogP) is 2.00. The van der Waals surface area contributed by atoms with Crippen LogP contribution in [0.25, 0.3) is 0 Å². The minimum absolute atomic E-state index is 0.0108. The van der Waals surface area contributed by atoms with E-state index < -0.39 is 0 Å². The second kappa shape index (κ2) is 5.47. The lowest BCUT2D eigenvalue weighted by Crippen LogP contribution is -2.54. The van der Waals surface area contributed by atoms with E-state index in [2.05, 4.69) is 5.32 Å². The molecule has 1 aliphatic rings. The number of carbonyl (C=O) groups is 1. The molecule has 1 fully saturated rings. The molecule has 1 unspecified atom stereocenters. The first kappa shape index (κ1) is 12.3. The van der Waals surface area contributed by atoms with Crippen LogP contribution in [-0.4, -0.2) is 31.7 Å². The van der Waals surface area contributed by atoms with Gasteiger partial charge < -0.3 is 10.2 Å². The fourth-order valence-electron chi connectivity index (χ4n) is 1.93. The van der Waals surface area contributed by atoms with Crippen molar-refractivity contribution in [2.75, 3.05) is 24.7 Å². The summed E-state index contributed by atoms with van der Waals surface area (Å²) in [4.78, 5) is 13.4. The van der Waals surface area contributed by atoms with Crippen LogP contribution in [0.4, 0.5) is 10.1 Å². The molecule has 0 spiro atoms. The molecule has 1 aromatic rings. The molecule has 0 aromatic heterocycles. The maximum atomic E-state index is 12.3. The van der Waals surface area contributed by atoms with Gasteiger partial charge in [-0.25, -0.2) is 0 Å². The first-order valence-corrected chi connectivity index (χ1v) is 5.94. The lowest BCUT2D eigenvalue weighted by atomic mass is 10.1. The van der Waals surface area contributed by atoms with E-state index in [-0.39, 0.29) is 25.2 Å². The molecular formula is C12H14ClFN2O. The molecule has 92 valence electrons. The van der Waals surface area contributed by atoms with E-state index in [0.29, 0.717) is 18.0 Å². The highest BCUT2D eigenvalue weighted by atomic mass is 35.5. The van der Waals surface area contributed by atoms with Gasteiger partial charge in [0.05, 0.1) is 13.2 Å². The fraction of sp³-hybridized carbons (Fsp3) is 0.417. The monoisotopic (exact) mass is 256 g/mol. The number of alkyl halides is 1. The lowest BCUT2D eigenvalue weighted by Gasteiger charge is -2.33. The summed E-state index contributed by atoms with van der Waals surface area (Å²) in [6.07, 6.45) is 0.421. The van der Waals surface area contributed by atoms with E-state index >= 15 is 0 Å². The number of benzene rings is 1. The SMILES string of the molecule is O=C1CNC(CCF)CN1c1cccc(Cl)c1. The van der Waals surface area contributed by atoms with Gasteiger partial charge in [-0.3, -0.25) is 9.18 Å². The van der Waals surface area contributed by atoms with Gasteiger partial charge in [0, 0.05) is 23.3 Å². The summed E-state index contributed by atoms with van der Waals surface area (Å²) in [5, 5.41) is 3.61. The summed E-state index contributed by atoms with van der Waals surface area (Å²) in [6, 6.07) is 7.16. The second-order valence-corrected chi connectivity index (χ2v) is 4.48. The molecule has 0 saturated carbocycles. The normalized spacial score (nSPS) is 20.7. The second-order valence-electron chi connectivity index (χ2n) is 4.04. The Bertz CT molecular complexity index is 413. The molecule has 0 radical (unpaired) electrons. The maximum absolute atomic E-state index is 12.3. The average molecular weight is 257 g/mol. The first-order chi connectivity index (χ1) is 8.20. The summed E-state index contributed by atoms with van der Waals surface area (Å²) in [7, 11) is 0. The van der Waals surface area contributed by atoms with Gasteiger partial charge >= 0.3 is 0 Å². The van der Waals surface area contributed by atoms with Crippen molar-refractivity contribution in [3.8, 4) is 0 Å². The molecule has 0 bridgehead atoms. The Morgan fingerprint density at radius 3 is 3.06 bits per heavy atom. The summed E-state index contributed by atoms with van der Waals surface area (Å²) >= 11 is 5.90. The highest BCUT2D eigenvalue weighted by Gasteiger charge is 2.25. The van der Waals surface area contributed by atoms with E-state index in [4.69, 9.17) is 11.6 Å².